The molecule has 0 aliphatic rings. The van der Waals surface area contributed by atoms with Gasteiger partial charge in [-0.25, -0.2) is 0 Å². The number of nitrogens with one attached hydrogen (secondary N) is 2. The molecular weight excluding hydrogens is 450 g/mol. The quantitative estimate of drug-likeness (QED) is 0.437. The smallest absolute Gasteiger partial charge is 0.234 e. The fourth-order valence-electron chi connectivity index (χ4n) is 2.90. The maximum Gasteiger partial charge on any atom is 0.234 e. The first-order valence-corrected chi connectivity index (χ1v) is 11.3. The van der Waals surface area contributed by atoms with Crippen molar-refractivity contribution in [2.75, 3.05) is 18.2 Å². The van der Waals surface area contributed by atoms with Crippen LogP contribution in [0.25, 0.3) is 0 Å². The molecule has 168 valence electrons. The van der Waals surface area contributed by atoms with Crippen molar-refractivity contribution in [3.8, 4) is 5.75 Å². The zero-order valence-electron chi connectivity index (χ0n) is 17.8. The van der Waals surface area contributed by atoms with E-state index < -0.39 is 0 Å². The van der Waals surface area contributed by atoms with Crippen molar-refractivity contribution < 1.29 is 14.3 Å². The van der Waals surface area contributed by atoms with Crippen LogP contribution in [0, 0.1) is 0 Å². The second-order valence-electron chi connectivity index (χ2n) is 6.79. The second kappa shape index (κ2) is 11.5. The van der Waals surface area contributed by atoms with E-state index in [1.54, 1.807) is 31.4 Å². The van der Waals surface area contributed by atoms with E-state index in [0.717, 1.165) is 11.3 Å². The van der Waals surface area contributed by atoms with Crippen molar-refractivity contribution in [3.63, 3.8) is 0 Å². The number of rotatable bonds is 10. The Hall–Kier alpha value is -3.04. The van der Waals surface area contributed by atoms with Crippen LogP contribution in [0.15, 0.2) is 53.7 Å². The lowest BCUT2D eigenvalue weighted by Gasteiger charge is -2.09. The van der Waals surface area contributed by atoms with Crippen LogP contribution < -0.4 is 15.4 Å². The van der Waals surface area contributed by atoms with E-state index in [0.29, 0.717) is 28.2 Å². The number of hydrogen-bond acceptors (Lipinski definition) is 6. The van der Waals surface area contributed by atoms with E-state index in [-0.39, 0.29) is 30.5 Å². The number of benzene rings is 2. The van der Waals surface area contributed by atoms with Crippen LogP contribution in [-0.2, 0) is 29.1 Å². The van der Waals surface area contributed by atoms with Crippen LogP contribution in [0.3, 0.4) is 0 Å². The summed E-state index contributed by atoms with van der Waals surface area (Å²) in [4.78, 5) is 24.5. The van der Waals surface area contributed by atoms with E-state index in [2.05, 4.69) is 20.8 Å². The van der Waals surface area contributed by atoms with Gasteiger partial charge in [-0.3, -0.25) is 9.59 Å². The van der Waals surface area contributed by atoms with Gasteiger partial charge in [0, 0.05) is 17.3 Å². The first-order chi connectivity index (χ1) is 15.5. The summed E-state index contributed by atoms with van der Waals surface area (Å²) >= 11 is 7.15. The summed E-state index contributed by atoms with van der Waals surface area (Å²) in [5.41, 5.74) is 1.57. The molecule has 0 spiro atoms. The minimum atomic E-state index is -0.155. The van der Waals surface area contributed by atoms with E-state index in [1.165, 1.54) is 11.8 Å². The molecule has 0 aliphatic carbocycles. The first-order valence-electron chi connectivity index (χ1n) is 9.98. The molecule has 0 atom stereocenters. The van der Waals surface area contributed by atoms with Gasteiger partial charge in [0.05, 0.1) is 25.8 Å². The number of anilines is 1. The molecule has 0 saturated carbocycles. The van der Waals surface area contributed by atoms with Gasteiger partial charge in [-0.2, -0.15) is 0 Å². The number of aromatic nitrogens is 3. The molecule has 2 N–H and O–H groups in total. The molecule has 8 nitrogen and oxygen atoms in total. The van der Waals surface area contributed by atoms with Gasteiger partial charge in [-0.05, 0) is 48.9 Å². The van der Waals surface area contributed by atoms with Crippen molar-refractivity contribution in [3.05, 3.63) is 64.9 Å². The Morgan fingerprint density at radius 3 is 2.44 bits per heavy atom. The van der Waals surface area contributed by atoms with Crippen LogP contribution in [0.2, 0.25) is 5.02 Å². The van der Waals surface area contributed by atoms with Gasteiger partial charge < -0.3 is 19.9 Å². The fourth-order valence-corrected chi connectivity index (χ4v) is 3.85. The summed E-state index contributed by atoms with van der Waals surface area (Å²) in [6.45, 7) is 2.84. The summed E-state index contributed by atoms with van der Waals surface area (Å²) in [5.74, 6) is 1.30. The Bertz CT molecular complexity index is 1050. The van der Waals surface area contributed by atoms with Crippen LogP contribution in [0.5, 0.6) is 5.75 Å². The largest absolute Gasteiger partial charge is 0.497 e. The molecule has 2 amide bonds. The second-order valence-corrected chi connectivity index (χ2v) is 8.17. The molecule has 32 heavy (non-hydrogen) atoms. The molecule has 0 saturated heterocycles. The number of hydrogen-bond donors (Lipinski definition) is 2. The Morgan fingerprint density at radius 2 is 1.78 bits per heavy atom. The average molecular weight is 474 g/mol. The van der Waals surface area contributed by atoms with Crippen molar-refractivity contribution in [1.82, 2.24) is 20.1 Å². The summed E-state index contributed by atoms with van der Waals surface area (Å²) in [6.07, 6.45) is 0.261. The van der Waals surface area contributed by atoms with Gasteiger partial charge in [-0.1, -0.05) is 35.5 Å². The fraction of sp³-hybridized carbons (Fsp3) is 0.273. The van der Waals surface area contributed by atoms with Crippen LogP contribution in [0.1, 0.15) is 18.3 Å². The topological polar surface area (TPSA) is 98.1 Å². The highest BCUT2D eigenvalue weighted by molar-refractivity contribution is 7.99. The molecule has 0 unspecified atom stereocenters. The lowest BCUT2D eigenvalue weighted by molar-refractivity contribution is -0.120. The molecule has 2 aromatic carbocycles. The Balaban J connectivity index is 1.50. The maximum atomic E-state index is 12.3. The standard InChI is InChI=1S/C22H24ClN5O3S/c1-3-28-19(13-24-20(29)12-15-4-10-18(31-2)11-5-15)26-27-22(28)32-14-21(30)25-17-8-6-16(23)7-9-17/h4-11H,3,12-14H2,1-2H3,(H,24,29)(H,25,30). The number of halogens is 1. The molecule has 0 bridgehead atoms. The van der Waals surface area contributed by atoms with E-state index in [4.69, 9.17) is 16.3 Å². The maximum absolute atomic E-state index is 12.3. The molecule has 0 fully saturated rings. The molecule has 1 aromatic heterocycles. The van der Waals surface area contributed by atoms with Gasteiger partial charge in [0.1, 0.15) is 5.75 Å². The van der Waals surface area contributed by atoms with Gasteiger partial charge in [0.25, 0.3) is 0 Å². The van der Waals surface area contributed by atoms with Crippen LogP contribution >= 0.6 is 23.4 Å². The Kier molecular flexibility index (Phi) is 8.52. The van der Waals surface area contributed by atoms with Crippen molar-refractivity contribution in [1.29, 1.82) is 0 Å². The van der Waals surface area contributed by atoms with E-state index >= 15 is 0 Å². The van der Waals surface area contributed by atoms with Crippen molar-refractivity contribution >= 4 is 40.9 Å². The molecule has 3 rings (SSSR count). The lowest BCUT2D eigenvalue weighted by Crippen LogP contribution is -2.26. The summed E-state index contributed by atoms with van der Waals surface area (Å²) in [6, 6.07) is 14.3. The predicted octanol–water partition coefficient (Wildman–Crippen LogP) is 3.55. The van der Waals surface area contributed by atoms with E-state index in [1.807, 2.05) is 35.8 Å². The number of nitrogens with zero attached hydrogens (tertiary/aromatic N) is 3. The average Bonchev–Trinajstić information content (AvgIpc) is 3.20. The Labute approximate surface area is 195 Å². The normalized spacial score (nSPS) is 10.6. The van der Waals surface area contributed by atoms with Crippen molar-refractivity contribution in [2.24, 2.45) is 0 Å². The summed E-state index contributed by atoms with van der Waals surface area (Å²) in [5, 5.41) is 15.3. The van der Waals surface area contributed by atoms with Gasteiger partial charge in [0.2, 0.25) is 11.8 Å². The highest BCUT2D eigenvalue weighted by Crippen LogP contribution is 2.19. The lowest BCUT2D eigenvalue weighted by atomic mass is 10.1. The number of carbonyl (C=O) groups is 2. The number of amides is 2. The third-order valence-corrected chi connectivity index (χ3v) is 5.76. The number of ether oxygens (including phenoxy) is 1. The molecule has 3 aromatic rings. The minimum Gasteiger partial charge on any atom is -0.497 e. The highest BCUT2D eigenvalue weighted by Gasteiger charge is 2.14. The van der Waals surface area contributed by atoms with Gasteiger partial charge in [-0.15, -0.1) is 10.2 Å². The molecular formula is C22H24ClN5O3S. The van der Waals surface area contributed by atoms with Crippen LogP contribution in [0.4, 0.5) is 5.69 Å². The van der Waals surface area contributed by atoms with Crippen molar-refractivity contribution in [2.45, 2.75) is 31.6 Å². The molecule has 10 heteroatoms. The summed E-state index contributed by atoms with van der Waals surface area (Å²) in [7, 11) is 1.60. The zero-order valence-corrected chi connectivity index (χ0v) is 19.4. The highest BCUT2D eigenvalue weighted by atomic mass is 35.5. The third-order valence-electron chi connectivity index (χ3n) is 4.54. The minimum absolute atomic E-state index is 0.114. The van der Waals surface area contributed by atoms with E-state index in [9.17, 15) is 9.59 Å². The molecule has 0 radical (unpaired) electrons. The number of methoxy groups -OCH3 is 1. The van der Waals surface area contributed by atoms with Gasteiger partial charge in [0.15, 0.2) is 11.0 Å². The number of thioether (sulfide) groups is 1. The van der Waals surface area contributed by atoms with Crippen LogP contribution in [-0.4, -0.2) is 39.4 Å². The Morgan fingerprint density at radius 1 is 1.06 bits per heavy atom. The van der Waals surface area contributed by atoms with Gasteiger partial charge >= 0.3 is 0 Å². The monoisotopic (exact) mass is 473 g/mol. The predicted molar refractivity (Wildman–Crippen MR) is 125 cm³/mol. The number of carbonyl (C=O) groups excluding carboxylic acids is 2. The molecule has 0 aliphatic heterocycles. The third kappa shape index (κ3) is 6.73. The zero-order chi connectivity index (χ0) is 22.9. The molecule has 1 heterocycles. The first kappa shape index (κ1) is 23.6. The SMILES string of the molecule is CCn1c(CNC(=O)Cc2ccc(OC)cc2)nnc1SCC(=O)Nc1ccc(Cl)cc1. The summed E-state index contributed by atoms with van der Waals surface area (Å²) < 4.78 is 7.01.